The smallest absolute Gasteiger partial charge is 0.341 e. The minimum Gasteiger partial charge on any atom is -0.477 e. The molecule has 1 N–H and O–H groups in total. The molecule has 0 atom stereocenters. The van der Waals surface area contributed by atoms with Gasteiger partial charge >= 0.3 is 11.7 Å². The molecule has 10 nitrogen and oxygen atoms in total. The third-order valence-corrected chi connectivity index (χ3v) is 5.61. The van der Waals surface area contributed by atoms with Crippen molar-refractivity contribution in [1.29, 1.82) is 0 Å². The summed E-state index contributed by atoms with van der Waals surface area (Å²) in [4.78, 5) is 50.1. The summed E-state index contributed by atoms with van der Waals surface area (Å²) in [5.74, 6) is -2.57. The summed E-state index contributed by atoms with van der Waals surface area (Å²) < 4.78 is 16.5. The Hall–Kier alpha value is -3.50. The number of pyridine rings is 1. The number of carboxylic acids is 1. The molecule has 1 aliphatic heterocycles. The number of rotatable bonds is 4. The van der Waals surface area contributed by atoms with E-state index in [0.29, 0.717) is 12.8 Å². The van der Waals surface area contributed by atoms with Crippen LogP contribution < -0.4 is 10.3 Å². The highest BCUT2D eigenvalue weighted by molar-refractivity contribution is 5.99. The van der Waals surface area contributed by atoms with Crippen LogP contribution in [0.25, 0.3) is 10.9 Å². The Morgan fingerprint density at radius 2 is 1.87 bits per heavy atom. The number of carbonyl (C=O) groups excluding carboxylic acids is 1. The summed E-state index contributed by atoms with van der Waals surface area (Å²) >= 11 is 0. The molecule has 0 bridgehead atoms. The number of nitro groups is 1. The SMILES string of the molecule is CC(=O)N1CCN(c2c(F)cc3c(=O)c(C(=O)O)cn(C4CC4)c3c2[N+](=O)[O-])CC1. The maximum absolute atomic E-state index is 15.1. The lowest BCUT2D eigenvalue weighted by Gasteiger charge is -2.35. The van der Waals surface area contributed by atoms with E-state index in [4.69, 9.17) is 0 Å². The lowest BCUT2D eigenvalue weighted by Crippen LogP contribution is -2.48. The van der Waals surface area contributed by atoms with Crippen molar-refractivity contribution in [3.05, 3.63) is 44.0 Å². The second-order valence-corrected chi connectivity index (χ2v) is 7.52. The number of carbonyl (C=O) groups is 2. The van der Waals surface area contributed by atoms with Gasteiger partial charge in [-0.3, -0.25) is 19.7 Å². The lowest BCUT2D eigenvalue weighted by atomic mass is 10.1. The first-order valence-corrected chi connectivity index (χ1v) is 9.50. The quantitative estimate of drug-likeness (QED) is 0.592. The number of benzene rings is 1. The Labute approximate surface area is 169 Å². The van der Waals surface area contributed by atoms with Gasteiger partial charge in [0.25, 0.3) is 0 Å². The molecule has 0 spiro atoms. The monoisotopic (exact) mass is 418 g/mol. The Kier molecular flexibility index (Phi) is 4.67. The van der Waals surface area contributed by atoms with Gasteiger partial charge in [-0.05, 0) is 18.9 Å². The van der Waals surface area contributed by atoms with Crippen molar-refractivity contribution in [2.75, 3.05) is 31.1 Å². The van der Waals surface area contributed by atoms with E-state index in [2.05, 4.69) is 0 Å². The molecule has 1 amide bonds. The Morgan fingerprint density at radius 3 is 2.37 bits per heavy atom. The summed E-state index contributed by atoms with van der Waals surface area (Å²) in [7, 11) is 0. The van der Waals surface area contributed by atoms with E-state index in [1.54, 1.807) is 4.90 Å². The molecule has 2 heterocycles. The molecule has 0 radical (unpaired) electrons. The normalized spacial score (nSPS) is 16.7. The summed E-state index contributed by atoms with van der Waals surface area (Å²) in [6.07, 6.45) is 2.48. The van der Waals surface area contributed by atoms with Crippen LogP contribution in [0.5, 0.6) is 0 Å². The highest BCUT2D eigenvalue weighted by atomic mass is 19.1. The number of anilines is 1. The van der Waals surface area contributed by atoms with Crippen molar-refractivity contribution >= 4 is 34.2 Å². The van der Waals surface area contributed by atoms with Gasteiger partial charge in [0, 0.05) is 45.3 Å². The number of halogens is 1. The van der Waals surface area contributed by atoms with E-state index in [1.165, 1.54) is 16.4 Å². The van der Waals surface area contributed by atoms with E-state index >= 15 is 4.39 Å². The molecule has 1 aliphatic carbocycles. The highest BCUT2D eigenvalue weighted by Crippen LogP contribution is 2.43. The Balaban J connectivity index is 1.97. The van der Waals surface area contributed by atoms with Gasteiger partial charge in [0.15, 0.2) is 11.5 Å². The average Bonchev–Trinajstić information content (AvgIpc) is 3.52. The fourth-order valence-corrected chi connectivity index (χ4v) is 3.97. The maximum Gasteiger partial charge on any atom is 0.341 e. The first-order valence-electron chi connectivity index (χ1n) is 9.50. The lowest BCUT2D eigenvalue weighted by molar-refractivity contribution is -0.382. The van der Waals surface area contributed by atoms with Crippen LogP contribution in [0.4, 0.5) is 15.8 Å². The zero-order valence-electron chi connectivity index (χ0n) is 16.1. The molecular weight excluding hydrogens is 399 g/mol. The number of piperazine rings is 1. The summed E-state index contributed by atoms with van der Waals surface area (Å²) in [6.45, 7) is 2.39. The van der Waals surface area contributed by atoms with Crippen LogP contribution in [-0.2, 0) is 4.79 Å². The second-order valence-electron chi connectivity index (χ2n) is 7.52. The molecule has 158 valence electrons. The van der Waals surface area contributed by atoms with E-state index < -0.39 is 33.4 Å². The predicted octanol–water partition coefficient (Wildman–Crippen LogP) is 1.75. The zero-order valence-corrected chi connectivity index (χ0v) is 16.1. The van der Waals surface area contributed by atoms with Gasteiger partial charge in [-0.15, -0.1) is 0 Å². The molecule has 0 unspecified atom stereocenters. The van der Waals surface area contributed by atoms with Crippen LogP contribution >= 0.6 is 0 Å². The average molecular weight is 418 g/mol. The van der Waals surface area contributed by atoms with E-state index in [1.807, 2.05) is 0 Å². The van der Waals surface area contributed by atoms with Gasteiger partial charge in [0.2, 0.25) is 11.3 Å². The molecule has 1 saturated heterocycles. The van der Waals surface area contributed by atoms with Crippen LogP contribution in [-0.4, -0.2) is 57.6 Å². The van der Waals surface area contributed by atoms with E-state index in [-0.39, 0.29) is 54.7 Å². The number of hydrogen-bond acceptors (Lipinski definition) is 6. The summed E-state index contributed by atoms with van der Waals surface area (Å²) in [5.41, 5.74) is -2.37. The molecule has 1 aromatic heterocycles. The molecule has 1 aromatic carbocycles. The van der Waals surface area contributed by atoms with Crippen LogP contribution in [0.3, 0.4) is 0 Å². The fourth-order valence-electron chi connectivity index (χ4n) is 3.97. The van der Waals surface area contributed by atoms with Gasteiger partial charge < -0.3 is 19.5 Å². The van der Waals surface area contributed by atoms with Crippen LogP contribution in [0.2, 0.25) is 0 Å². The molecular formula is C19H19FN4O6. The second kappa shape index (κ2) is 7.08. The van der Waals surface area contributed by atoms with Crippen LogP contribution in [0.1, 0.15) is 36.2 Å². The number of amides is 1. The Morgan fingerprint density at radius 1 is 1.23 bits per heavy atom. The zero-order chi connectivity index (χ0) is 21.7. The number of carboxylic acid groups (broad SMARTS) is 1. The molecule has 30 heavy (non-hydrogen) atoms. The number of aromatic carboxylic acids is 1. The van der Waals surface area contributed by atoms with Crippen molar-refractivity contribution in [3.63, 3.8) is 0 Å². The summed E-state index contributed by atoms with van der Waals surface area (Å²) in [6, 6.07) is 0.709. The van der Waals surface area contributed by atoms with Crippen molar-refractivity contribution in [2.45, 2.75) is 25.8 Å². The topological polar surface area (TPSA) is 126 Å². The van der Waals surface area contributed by atoms with E-state index in [0.717, 1.165) is 12.3 Å². The van der Waals surface area contributed by atoms with E-state index in [9.17, 15) is 29.6 Å². The van der Waals surface area contributed by atoms with Crippen LogP contribution in [0.15, 0.2) is 17.1 Å². The van der Waals surface area contributed by atoms with Crippen molar-refractivity contribution < 1.29 is 24.0 Å². The molecule has 2 aromatic rings. The fraction of sp³-hybridized carbons (Fsp3) is 0.421. The first-order chi connectivity index (χ1) is 14.2. The summed E-state index contributed by atoms with van der Waals surface area (Å²) in [5, 5.41) is 21.1. The molecule has 4 rings (SSSR count). The Bertz CT molecular complexity index is 1150. The van der Waals surface area contributed by atoms with Crippen molar-refractivity contribution in [1.82, 2.24) is 9.47 Å². The van der Waals surface area contributed by atoms with Gasteiger partial charge in [-0.2, -0.15) is 0 Å². The van der Waals surface area contributed by atoms with Gasteiger partial charge in [-0.1, -0.05) is 0 Å². The first kappa shape index (κ1) is 19.8. The highest BCUT2D eigenvalue weighted by Gasteiger charge is 2.36. The minimum absolute atomic E-state index is 0.0668. The van der Waals surface area contributed by atoms with Gasteiger partial charge in [0.1, 0.15) is 11.1 Å². The molecule has 1 saturated carbocycles. The molecule has 2 fully saturated rings. The number of nitrogens with zero attached hydrogens (tertiary/aromatic N) is 4. The van der Waals surface area contributed by atoms with Gasteiger partial charge in [-0.25, -0.2) is 9.18 Å². The minimum atomic E-state index is -1.47. The number of fused-ring (bicyclic) bond motifs is 1. The molecule has 11 heteroatoms. The predicted molar refractivity (Wildman–Crippen MR) is 105 cm³/mol. The van der Waals surface area contributed by atoms with Crippen LogP contribution in [0, 0.1) is 15.9 Å². The number of nitro benzene ring substituents is 1. The largest absolute Gasteiger partial charge is 0.477 e. The molecule has 2 aliphatic rings. The number of hydrogen-bond donors (Lipinski definition) is 1. The van der Waals surface area contributed by atoms with Gasteiger partial charge in [0.05, 0.1) is 10.3 Å². The third-order valence-electron chi connectivity index (χ3n) is 5.61. The standard InChI is InChI=1S/C19H19FN4O6/c1-10(25)21-4-6-22(7-5-21)16-14(20)8-12-15(17(16)24(29)30)23(11-2-3-11)9-13(18(12)26)19(27)28/h8-9,11H,2-7H2,1H3,(H,27,28). The van der Waals surface area contributed by atoms with Crippen molar-refractivity contribution in [3.8, 4) is 0 Å². The number of aromatic nitrogens is 1. The van der Waals surface area contributed by atoms with Crippen molar-refractivity contribution in [2.24, 2.45) is 0 Å². The maximum atomic E-state index is 15.1. The third kappa shape index (κ3) is 3.15.